The molecule has 0 fully saturated rings. The predicted octanol–water partition coefficient (Wildman–Crippen LogP) is 3.44. The first-order valence-electron chi connectivity index (χ1n) is 6.84. The normalized spacial score (nSPS) is 9.95. The molecule has 0 atom stereocenters. The molecule has 0 saturated heterocycles. The van der Waals surface area contributed by atoms with Crippen LogP contribution in [0.5, 0.6) is 5.75 Å². The summed E-state index contributed by atoms with van der Waals surface area (Å²) in [6, 6.07) is 13.0. The van der Waals surface area contributed by atoms with Gasteiger partial charge in [0.1, 0.15) is 5.75 Å². The van der Waals surface area contributed by atoms with Crippen molar-refractivity contribution in [2.75, 3.05) is 12.4 Å². The molecule has 4 nitrogen and oxygen atoms in total. The number of thiocarbonyl (C=S) groups is 1. The Kier molecular flexibility index (Phi) is 5.12. The summed E-state index contributed by atoms with van der Waals surface area (Å²) in [5.41, 5.74) is 3.49. The highest BCUT2D eigenvalue weighted by molar-refractivity contribution is 7.80. The largest absolute Gasteiger partial charge is 0.496 e. The number of carbonyl (C=O) groups excluding carboxylic acids is 1. The van der Waals surface area contributed by atoms with Gasteiger partial charge in [0.15, 0.2) is 5.11 Å². The van der Waals surface area contributed by atoms with Gasteiger partial charge in [-0.2, -0.15) is 0 Å². The summed E-state index contributed by atoms with van der Waals surface area (Å²) < 4.78 is 5.18. The molecule has 5 heteroatoms. The van der Waals surface area contributed by atoms with Crippen LogP contribution in [0.1, 0.15) is 21.5 Å². The topological polar surface area (TPSA) is 50.4 Å². The Morgan fingerprint density at radius 2 is 1.86 bits per heavy atom. The molecule has 2 rings (SSSR count). The Labute approximate surface area is 135 Å². The van der Waals surface area contributed by atoms with E-state index in [9.17, 15) is 4.79 Å². The summed E-state index contributed by atoms with van der Waals surface area (Å²) in [7, 11) is 1.53. The van der Waals surface area contributed by atoms with Crippen LogP contribution in [0, 0.1) is 13.8 Å². The lowest BCUT2D eigenvalue weighted by Gasteiger charge is -2.13. The molecule has 0 aliphatic heterocycles. The highest BCUT2D eigenvalue weighted by Crippen LogP contribution is 2.18. The fourth-order valence-corrected chi connectivity index (χ4v) is 2.23. The van der Waals surface area contributed by atoms with Gasteiger partial charge < -0.3 is 10.1 Å². The van der Waals surface area contributed by atoms with Crippen molar-refractivity contribution >= 4 is 28.9 Å². The number of ether oxygens (including phenoxy) is 1. The lowest BCUT2D eigenvalue weighted by Crippen LogP contribution is -2.34. The number of rotatable bonds is 3. The minimum Gasteiger partial charge on any atom is -0.496 e. The van der Waals surface area contributed by atoms with Crippen molar-refractivity contribution in [3.8, 4) is 5.75 Å². The third kappa shape index (κ3) is 3.83. The standard InChI is InChI=1S/C17H18N2O2S/c1-11-8-9-12(2)14(10-11)18-17(22)19-16(20)13-6-4-5-7-15(13)21-3/h4-10H,1-3H3,(H2,18,19,20,22). The Hall–Kier alpha value is -2.40. The average Bonchev–Trinajstić information content (AvgIpc) is 2.50. The summed E-state index contributed by atoms with van der Waals surface area (Å²) in [6.45, 7) is 3.98. The molecule has 0 saturated carbocycles. The number of para-hydroxylation sites is 1. The molecule has 0 heterocycles. The molecule has 0 spiro atoms. The van der Waals surface area contributed by atoms with Gasteiger partial charge in [-0.05, 0) is 55.4 Å². The van der Waals surface area contributed by atoms with Crippen LogP contribution in [0.25, 0.3) is 0 Å². The van der Waals surface area contributed by atoms with Gasteiger partial charge in [0.25, 0.3) is 5.91 Å². The maximum atomic E-state index is 12.3. The number of methoxy groups -OCH3 is 1. The Bertz CT molecular complexity index is 714. The first-order valence-corrected chi connectivity index (χ1v) is 7.24. The molecular formula is C17H18N2O2S. The van der Waals surface area contributed by atoms with Gasteiger partial charge in [0.2, 0.25) is 0 Å². The average molecular weight is 314 g/mol. The van der Waals surface area contributed by atoms with Crippen LogP contribution < -0.4 is 15.4 Å². The van der Waals surface area contributed by atoms with E-state index in [-0.39, 0.29) is 11.0 Å². The molecule has 2 aromatic carbocycles. The lowest BCUT2D eigenvalue weighted by atomic mass is 10.1. The van der Waals surface area contributed by atoms with Crippen LogP contribution in [0.4, 0.5) is 5.69 Å². The summed E-state index contributed by atoms with van der Waals surface area (Å²) >= 11 is 5.21. The fraction of sp³-hybridized carbons (Fsp3) is 0.176. The maximum absolute atomic E-state index is 12.3. The third-order valence-corrected chi connectivity index (χ3v) is 3.42. The second-order valence-corrected chi connectivity index (χ2v) is 5.34. The van der Waals surface area contributed by atoms with Crippen LogP contribution in [-0.2, 0) is 0 Å². The van der Waals surface area contributed by atoms with Gasteiger partial charge in [-0.3, -0.25) is 10.1 Å². The van der Waals surface area contributed by atoms with Gasteiger partial charge >= 0.3 is 0 Å². The lowest BCUT2D eigenvalue weighted by molar-refractivity contribution is 0.0975. The van der Waals surface area contributed by atoms with Crippen LogP contribution in [-0.4, -0.2) is 18.1 Å². The second kappa shape index (κ2) is 7.04. The molecule has 0 unspecified atom stereocenters. The van der Waals surface area contributed by atoms with Crippen molar-refractivity contribution in [2.45, 2.75) is 13.8 Å². The second-order valence-electron chi connectivity index (χ2n) is 4.93. The van der Waals surface area contributed by atoms with E-state index in [2.05, 4.69) is 10.6 Å². The number of benzene rings is 2. The first-order chi connectivity index (χ1) is 10.5. The summed E-state index contributed by atoms with van der Waals surface area (Å²) in [5, 5.41) is 5.97. The molecule has 0 aromatic heterocycles. The van der Waals surface area contributed by atoms with Crippen molar-refractivity contribution in [2.24, 2.45) is 0 Å². The predicted molar refractivity (Wildman–Crippen MR) is 92.6 cm³/mol. The highest BCUT2D eigenvalue weighted by atomic mass is 32.1. The third-order valence-electron chi connectivity index (χ3n) is 3.22. The molecule has 1 amide bonds. The van der Waals surface area contributed by atoms with Crippen molar-refractivity contribution in [3.05, 3.63) is 59.2 Å². The fourth-order valence-electron chi connectivity index (χ4n) is 2.03. The van der Waals surface area contributed by atoms with E-state index in [1.165, 1.54) is 7.11 Å². The zero-order valence-corrected chi connectivity index (χ0v) is 13.6. The molecule has 22 heavy (non-hydrogen) atoms. The van der Waals surface area contributed by atoms with Crippen LogP contribution >= 0.6 is 12.2 Å². The van der Waals surface area contributed by atoms with E-state index in [0.717, 1.165) is 16.8 Å². The number of aryl methyl sites for hydroxylation is 2. The van der Waals surface area contributed by atoms with E-state index < -0.39 is 0 Å². The van der Waals surface area contributed by atoms with E-state index in [1.54, 1.807) is 18.2 Å². The van der Waals surface area contributed by atoms with Crippen LogP contribution in [0.15, 0.2) is 42.5 Å². The Morgan fingerprint density at radius 1 is 1.14 bits per heavy atom. The van der Waals surface area contributed by atoms with Crippen molar-refractivity contribution < 1.29 is 9.53 Å². The summed E-state index contributed by atoms with van der Waals surface area (Å²) in [5.74, 6) is 0.204. The van der Waals surface area contributed by atoms with Crippen LogP contribution in [0.2, 0.25) is 0 Å². The number of amides is 1. The van der Waals surface area contributed by atoms with Gasteiger partial charge in [-0.25, -0.2) is 0 Å². The molecule has 2 aromatic rings. The van der Waals surface area contributed by atoms with E-state index in [1.807, 2.05) is 38.1 Å². The van der Waals surface area contributed by atoms with Crippen molar-refractivity contribution in [1.29, 1.82) is 0 Å². The van der Waals surface area contributed by atoms with Gasteiger partial charge in [0, 0.05) is 5.69 Å². The molecule has 114 valence electrons. The molecule has 0 bridgehead atoms. The molecular weight excluding hydrogens is 296 g/mol. The first kappa shape index (κ1) is 16.0. The smallest absolute Gasteiger partial charge is 0.261 e. The number of carbonyl (C=O) groups is 1. The van der Waals surface area contributed by atoms with Gasteiger partial charge in [0.05, 0.1) is 12.7 Å². The molecule has 0 aliphatic rings. The number of hydrogen-bond donors (Lipinski definition) is 2. The maximum Gasteiger partial charge on any atom is 0.261 e. The SMILES string of the molecule is COc1ccccc1C(=O)NC(=S)Nc1cc(C)ccc1C. The number of nitrogens with one attached hydrogen (secondary N) is 2. The summed E-state index contributed by atoms with van der Waals surface area (Å²) in [6.07, 6.45) is 0. The Balaban J connectivity index is 2.08. The Morgan fingerprint density at radius 3 is 2.59 bits per heavy atom. The highest BCUT2D eigenvalue weighted by Gasteiger charge is 2.13. The van der Waals surface area contributed by atoms with Crippen molar-refractivity contribution in [3.63, 3.8) is 0 Å². The monoisotopic (exact) mass is 314 g/mol. The van der Waals surface area contributed by atoms with Gasteiger partial charge in [-0.15, -0.1) is 0 Å². The minimum atomic E-state index is -0.305. The molecule has 2 N–H and O–H groups in total. The number of anilines is 1. The van der Waals surface area contributed by atoms with E-state index >= 15 is 0 Å². The van der Waals surface area contributed by atoms with Crippen LogP contribution in [0.3, 0.4) is 0 Å². The van der Waals surface area contributed by atoms with Crippen molar-refractivity contribution in [1.82, 2.24) is 5.32 Å². The van der Waals surface area contributed by atoms with E-state index in [0.29, 0.717) is 11.3 Å². The zero-order chi connectivity index (χ0) is 16.1. The zero-order valence-electron chi connectivity index (χ0n) is 12.8. The molecule has 0 radical (unpaired) electrons. The van der Waals surface area contributed by atoms with Gasteiger partial charge in [-0.1, -0.05) is 24.3 Å². The quantitative estimate of drug-likeness (QED) is 0.852. The number of hydrogen-bond acceptors (Lipinski definition) is 3. The molecule has 0 aliphatic carbocycles. The minimum absolute atomic E-state index is 0.254. The van der Waals surface area contributed by atoms with E-state index in [4.69, 9.17) is 17.0 Å². The summed E-state index contributed by atoms with van der Waals surface area (Å²) in [4.78, 5) is 12.3.